The lowest BCUT2D eigenvalue weighted by Gasteiger charge is -2.37. The zero-order chi connectivity index (χ0) is 24.2. The van der Waals surface area contributed by atoms with Crippen molar-refractivity contribution in [2.75, 3.05) is 0 Å². The first-order valence-electron chi connectivity index (χ1n) is 12.4. The summed E-state index contributed by atoms with van der Waals surface area (Å²) in [6.07, 6.45) is 7.04. The lowest BCUT2D eigenvalue weighted by molar-refractivity contribution is -0.385. The Balaban J connectivity index is 2.09. The van der Waals surface area contributed by atoms with Gasteiger partial charge in [0.25, 0.3) is 13.3 Å². The average molecular weight is 475 g/mol. The minimum Gasteiger partial charge on any atom is -0.270 e. The molecule has 1 aromatic carbocycles. The molecule has 182 valence electrons. The zero-order valence-corrected chi connectivity index (χ0v) is 21.6. The summed E-state index contributed by atoms with van der Waals surface area (Å²) in [4.78, 5) is 11.4. The number of fused-ring (bicyclic) bond motifs is 1. The normalized spacial score (nSPS) is 23.8. The molecule has 0 spiro atoms. The van der Waals surface area contributed by atoms with Gasteiger partial charge in [-0.05, 0) is 53.0 Å². The third-order valence-electron chi connectivity index (χ3n) is 6.70. The third kappa shape index (κ3) is 5.35. The number of unbranched alkanes of at least 4 members (excludes halogenated alkanes) is 2. The average Bonchev–Trinajstić information content (AvgIpc) is 3.03. The Hall–Kier alpha value is -1.71. The maximum Gasteiger partial charge on any atom is 0.286 e. The Bertz CT molecular complexity index is 911. The minimum absolute atomic E-state index is 0.00944. The molecule has 0 bridgehead atoms. The molecule has 0 unspecified atom stereocenters. The van der Waals surface area contributed by atoms with Crippen LogP contribution in [-0.2, 0) is 4.57 Å². The number of nitro benzene ring substituents is 1. The summed E-state index contributed by atoms with van der Waals surface area (Å²) in [6, 6.07) is 6.61. The maximum absolute atomic E-state index is 15.0. The van der Waals surface area contributed by atoms with E-state index in [4.69, 9.17) is 0 Å². The summed E-state index contributed by atoms with van der Waals surface area (Å²) >= 11 is 0. The number of rotatable bonds is 8. The van der Waals surface area contributed by atoms with E-state index in [0.29, 0.717) is 12.0 Å². The summed E-state index contributed by atoms with van der Waals surface area (Å²) < 4.78 is 19.3. The van der Waals surface area contributed by atoms with E-state index >= 15 is 0 Å². The van der Waals surface area contributed by atoms with E-state index in [2.05, 4.69) is 60.9 Å². The van der Waals surface area contributed by atoms with Crippen molar-refractivity contribution in [3.8, 4) is 11.8 Å². The first-order chi connectivity index (χ1) is 15.7. The Morgan fingerprint density at radius 2 is 1.70 bits per heavy atom. The van der Waals surface area contributed by atoms with Crippen molar-refractivity contribution in [1.29, 1.82) is 0 Å². The number of benzene rings is 1. The largest absolute Gasteiger partial charge is 0.286 e. The molecule has 1 aromatic rings. The van der Waals surface area contributed by atoms with Crippen LogP contribution in [0.1, 0.15) is 91.2 Å². The van der Waals surface area contributed by atoms with Crippen LogP contribution in [0.3, 0.4) is 0 Å². The predicted octanol–water partition coefficient (Wildman–Crippen LogP) is 6.27. The second-order valence-electron chi connectivity index (χ2n) is 9.71. The molecule has 8 heteroatoms. The lowest BCUT2D eigenvalue weighted by atomic mass is 9.89. The number of hydrogen-bond acceptors (Lipinski definition) is 3. The van der Waals surface area contributed by atoms with Crippen molar-refractivity contribution in [3.63, 3.8) is 0 Å². The summed E-state index contributed by atoms with van der Waals surface area (Å²) in [5.74, 6) is 6.43. The number of nitro groups is 1. The quantitative estimate of drug-likeness (QED) is 0.157. The molecule has 1 saturated heterocycles. The van der Waals surface area contributed by atoms with Gasteiger partial charge in [-0.15, -0.1) is 5.92 Å². The summed E-state index contributed by atoms with van der Waals surface area (Å²) in [5.41, 5.74) is 0.485. The van der Waals surface area contributed by atoms with Gasteiger partial charge in [0.15, 0.2) is 0 Å². The van der Waals surface area contributed by atoms with Gasteiger partial charge in [0, 0.05) is 36.7 Å². The molecule has 1 heterocycles. The summed E-state index contributed by atoms with van der Waals surface area (Å²) in [6.45, 7) is 10.5. The van der Waals surface area contributed by atoms with E-state index in [0.717, 1.165) is 38.5 Å². The maximum atomic E-state index is 15.0. The van der Waals surface area contributed by atoms with Crippen LogP contribution in [0.5, 0.6) is 0 Å². The van der Waals surface area contributed by atoms with Gasteiger partial charge in [0.2, 0.25) is 0 Å². The van der Waals surface area contributed by atoms with Gasteiger partial charge in [-0.3, -0.25) is 14.7 Å². The van der Waals surface area contributed by atoms with Gasteiger partial charge in [0.1, 0.15) is 6.04 Å². The van der Waals surface area contributed by atoms with Gasteiger partial charge in [-0.2, -0.15) is 0 Å². The van der Waals surface area contributed by atoms with Crippen LogP contribution < -0.4 is 5.09 Å². The molecule has 2 aliphatic rings. The van der Waals surface area contributed by atoms with Crippen LogP contribution in [0, 0.1) is 22.0 Å². The first-order valence-corrected chi connectivity index (χ1v) is 14.0. The second kappa shape index (κ2) is 11.1. The fraction of sp³-hybridized carbons (Fsp3) is 0.680. The molecular formula is C25H39N4O3P. The van der Waals surface area contributed by atoms with E-state index in [1.807, 2.05) is 0 Å². The van der Waals surface area contributed by atoms with Gasteiger partial charge in [-0.25, -0.2) is 14.4 Å². The van der Waals surface area contributed by atoms with Crippen LogP contribution in [-0.4, -0.2) is 38.4 Å². The van der Waals surface area contributed by atoms with Crippen LogP contribution in [0.2, 0.25) is 0 Å². The smallest absolute Gasteiger partial charge is 0.270 e. The van der Waals surface area contributed by atoms with Crippen LogP contribution in [0.15, 0.2) is 24.3 Å². The molecule has 1 aliphatic carbocycles. The van der Waals surface area contributed by atoms with Gasteiger partial charge >= 0.3 is 0 Å². The number of nitrogens with zero attached hydrogens (tertiary/aromatic N) is 3. The molecule has 2 fully saturated rings. The molecule has 0 radical (unpaired) electrons. The van der Waals surface area contributed by atoms with Crippen molar-refractivity contribution < 1.29 is 9.49 Å². The topological polar surface area (TPSA) is 78.7 Å². The van der Waals surface area contributed by atoms with E-state index in [-0.39, 0.29) is 34.8 Å². The highest BCUT2D eigenvalue weighted by Crippen LogP contribution is 2.63. The highest BCUT2D eigenvalue weighted by Gasteiger charge is 2.57. The van der Waals surface area contributed by atoms with Crippen molar-refractivity contribution in [2.45, 2.75) is 110 Å². The first kappa shape index (κ1) is 25.9. The third-order valence-corrected chi connectivity index (χ3v) is 10.1. The Kier molecular flexibility index (Phi) is 8.75. The molecule has 3 rings (SSSR count). The molecule has 1 aliphatic heterocycles. The van der Waals surface area contributed by atoms with Crippen LogP contribution >= 0.6 is 7.59 Å². The van der Waals surface area contributed by atoms with Crippen molar-refractivity contribution in [1.82, 2.24) is 14.4 Å². The molecule has 0 aromatic heterocycles. The zero-order valence-electron chi connectivity index (χ0n) is 20.7. The van der Waals surface area contributed by atoms with Gasteiger partial charge in [-0.1, -0.05) is 44.2 Å². The van der Waals surface area contributed by atoms with E-state index in [1.54, 1.807) is 18.2 Å². The number of para-hydroxylation sites is 1. The Labute approximate surface area is 199 Å². The van der Waals surface area contributed by atoms with Gasteiger partial charge in [0.05, 0.1) is 10.5 Å². The fourth-order valence-electron chi connectivity index (χ4n) is 5.44. The molecule has 0 amide bonds. The second-order valence-corrected chi connectivity index (χ2v) is 12.0. The summed E-state index contributed by atoms with van der Waals surface area (Å²) in [7, 11) is -3.24. The van der Waals surface area contributed by atoms with Crippen molar-refractivity contribution in [3.05, 3.63) is 39.9 Å². The highest BCUT2D eigenvalue weighted by molar-refractivity contribution is 7.57. The van der Waals surface area contributed by atoms with Crippen molar-refractivity contribution >= 4 is 13.3 Å². The summed E-state index contributed by atoms with van der Waals surface area (Å²) in [5, 5.41) is 15.2. The predicted molar refractivity (Wildman–Crippen MR) is 134 cm³/mol. The molecule has 7 nitrogen and oxygen atoms in total. The Morgan fingerprint density at radius 3 is 2.21 bits per heavy atom. The molecule has 3 atom stereocenters. The standard InChI is InChI=1S/C25H39N4O3P/c1-6-7-8-9-15-22(21-14-10-11-16-23(21)29(30)31)26-33(32)27(19(2)3)24-17-12-13-18-25(24)28(33)20(4)5/h10-11,14,16,19-20,22,24-25H,6-8,12-13,17-18H2,1-5H3,(H,26,32)/t22-,24+,25+/m0/s1. The van der Waals surface area contributed by atoms with Crippen LogP contribution in [0.4, 0.5) is 5.69 Å². The molecule has 1 saturated carbocycles. The highest BCUT2D eigenvalue weighted by atomic mass is 31.2. The Morgan fingerprint density at radius 1 is 1.12 bits per heavy atom. The van der Waals surface area contributed by atoms with E-state index in [1.165, 1.54) is 6.07 Å². The number of hydrogen-bond donors (Lipinski definition) is 1. The molecule has 1 N–H and O–H groups in total. The fourth-order valence-corrected chi connectivity index (χ4v) is 9.08. The minimum atomic E-state index is -3.24. The van der Waals surface area contributed by atoms with Gasteiger partial charge < -0.3 is 0 Å². The molecular weight excluding hydrogens is 435 g/mol. The van der Waals surface area contributed by atoms with Crippen molar-refractivity contribution in [2.24, 2.45) is 0 Å². The van der Waals surface area contributed by atoms with Crippen LogP contribution in [0.25, 0.3) is 0 Å². The lowest BCUT2D eigenvalue weighted by Crippen LogP contribution is -2.43. The van der Waals surface area contributed by atoms with E-state index in [9.17, 15) is 14.7 Å². The molecule has 33 heavy (non-hydrogen) atoms. The monoisotopic (exact) mass is 474 g/mol. The SMILES string of the molecule is CCCCC#C[C@H](NP1(=O)N(C(C)C)[C@@H]2CCCC[C@H]2N1C(C)C)c1ccccc1[N+](=O)[O-]. The number of nitrogens with one attached hydrogen (secondary N) is 1. The van der Waals surface area contributed by atoms with E-state index < -0.39 is 13.6 Å².